The number of nitrogen functional groups attached to an aromatic ring is 1. The fourth-order valence-electron chi connectivity index (χ4n) is 3.93. The number of nitrogens with two attached hydrogens (primary N) is 1. The largest absolute Gasteiger partial charge is 0.397 e. The van der Waals surface area contributed by atoms with Gasteiger partial charge in [0.2, 0.25) is 0 Å². The summed E-state index contributed by atoms with van der Waals surface area (Å²) in [6.07, 6.45) is 6.70. The normalized spacial score (nSPS) is 29.5. The summed E-state index contributed by atoms with van der Waals surface area (Å²) >= 11 is 1.63. The Balaban J connectivity index is 1.69. The molecule has 1 aliphatic heterocycles. The smallest absolute Gasteiger partial charge is 0.130 e. The van der Waals surface area contributed by atoms with Gasteiger partial charge in [-0.25, -0.2) is 0 Å². The molecular formula is C15H19N3S. The summed E-state index contributed by atoms with van der Waals surface area (Å²) in [7, 11) is 0. The summed E-state index contributed by atoms with van der Waals surface area (Å²) in [5.41, 5.74) is 8.29. The van der Waals surface area contributed by atoms with Gasteiger partial charge in [0.05, 0.1) is 10.7 Å². The van der Waals surface area contributed by atoms with E-state index in [1.165, 1.54) is 55.8 Å². The molecule has 3 fully saturated rings. The van der Waals surface area contributed by atoms with Crippen molar-refractivity contribution in [1.82, 2.24) is 0 Å². The van der Waals surface area contributed by atoms with Gasteiger partial charge in [0, 0.05) is 18.7 Å². The Kier molecular flexibility index (Phi) is 2.53. The van der Waals surface area contributed by atoms with E-state index in [1.807, 2.05) is 0 Å². The lowest BCUT2D eigenvalue weighted by Gasteiger charge is -2.19. The number of hydrogen-bond donors (Lipinski definition) is 1. The van der Waals surface area contributed by atoms with Crippen LogP contribution >= 0.6 is 11.3 Å². The molecule has 0 amide bonds. The quantitative estimate of drug-likeness (QED) is 0.899. The van der Waals surface area contributed by atoms with Crippen LogP contribution in [0, 0.1) is 23.2 Å². The molecule has 2 unspecified atom stereocenters. The molecule has 100 valence electrons. The van der Waals surface area contributed by atoms with Crippen LogP contribution in [0.1, 0.15) is 48.5 Å². The molecule has 1 aromatic heterocycles. The van der Waals surface area contributed by atoms with Gasteiger partial charge in [-0.3, -0.25) is 0 Å². The van der Waals surface area contributed by atoms with Gasteiger partial charge in [0.1, 0.15) is 10.9 Å². The first-order chi connectivity index (χ1) is 9.28. The van der Waals surface area contributed by atoms with Crippen LogP contribution in [0.4, 0.5) is 10.7 Å². The molecule has 2 saturated carbocycles. The summed E-state index contributed by atoms with van der Waals surface area (Å²) < 4.78 is 0. The Morgan fingerprint density at radius 2 is 1.84 bits per heavy atom. The highest BCUT2D eigenvalue weighted by molar-refractivity contribution is 7.17. The Morgan fingerprint density at radius 1 is 1.16 bits per heavy atom. The van der Waals surface area contributed by atoms with Crippen LogP contribution in [0.25, 0.3) is 0 Å². The molecule has 19 heavy (non-hydrogen) atoms. The zero-order valence-electron chi connectivity index (χ0n) is 11.1. The highest BCUT2D eigenvalue weighted by Gasteiger charge is 2.40. The summed E-state index contributed by atoms with van der Waals surface area (Å²) in [5, 5.41) is 10.5. The first-order valence-electron chi connectivity index (χ1n) is 7.35. The number of nitrogens with zero attached hydrogens (tertiary/aromatic N) is 2. The van der Waals surface area contributed by atoms with Crippen LogP contribution in [-0.2, 0) is 0 Å². The third-order valence-electron chi connectivity index (χ3n) is 5.06. The Hall–Kier alpha value is -1.21. The monoisotopic (exact) mass is 273 g/mol. The molecule has 2 aliphatic carbocycles. The number of thiophene rings is 1. The van der Waals surface area contributed by atoms with Gasteiger partial charge in [-0.1, -0.05) is 6.42 Å². The predicted octanol–water partition coefficient (Wildman–Crippen LogP) is 3.32. The molecule has 0 radical (unpaired) electrons. The van der Waals surface area contributed by atoms with Crippen LogP contribution in [0.3, 0.4) is 0 Å². The van der Waals surface area contributed by atoms with Crippen molar-refractivity contribution in [3.63, 3.8) is 0 Å². The molecule has 0 aromatic carbocycles. The van der Waals surface area contributed by atoms with E-state index in [2.05, 4.69) is 11.0 Å². The van der Waals surface area contributed by atoms with E-state index in [-0.39, 0.29) is 0 Å². The van der Waals surface area contributed by atoms with Crippen molar-refractivity contribution in [2.24, 2.45) is 11.8 Å². The Morgan fingerprint density at radius 3 is 2.42 bits per heavy atom. The van der Waals surface area contributed by atoms with Crippen molar-refractivity contribution in [2.45, 2.75) is 38.0 Å². The second-order valence-corrected chi connectivity index (χ2v) is 7.30. The molecule has 3 nitrogen and oxygen atoms in total. The number of hydrogen-bond acceptors (Lipinski definition) is 4. The van der Waals surface area contributed by atoms with Crippen LogP contribution in [-0.4, -0.2) is 13.1 Å². The maximum atomic E-state index is 9.22. The molecule has 2 atom stereocenters. The zero-order chi connectivity index (χ0) is 13.0. The van der Waals surface area contributed by atoms with Crippen molar-refractivity contribution < 1.29 is 0 Å². The minimum Gasteiger partial charge on any atom is -0.397 e. The standard InChI is InChI=1S/C15H19N3S/c16-6-12-14(17)13(9-4-5-9)15(19-12)18-7-10-2-1-3-11(10)8-18/h9-11H,1-5,7-8,17H2. The topological polar surface area (TPSA) is 53.0 Å². The highest BCUT2D eigenvalue weighted by Crippen LogP contribution is 2.53. The number of rotatable bonds is 2. The fraction of sp³-hybridized carbons (Fsp3) is 0.667. The van der Waals surface area contributed by atoms with E-state index in [4.69, 9.17) is 5.73 Å². The van der Waals surface area contributed by atoms with Crippen LogP contribution in [0.2, 0.25) is 0 Å². The first-order valence-corrected chi connectivity index (χ1v) is 8.16. The molecular weight excluding hydrogens is 254 g/mol. The van der Waals surface area contributed by atoms with E-state index in [9.17, 15) is 5.26 Å². The van der Waals surface area contributed by atoms with E-state index in [0.29, 0.717) is 5.92 Å². The van der Waals surface area contributed by atoms with Gasteiger partial charge < -0.3 is 10.6 Å². The van der Waals surface area contributed by atoms with Gasteiger partial charge >= 0.3 is 0 Å². The van der Waals surface area contributed by atoms with Gasteiger partial charge in [0.25, 0.3) is 0 Å². The second-order valence-electron chi connectivity index (χ2n) is 6.31. The van der Waals surface area contributed by atoms with Crippen molar-refractivity contribution in [3.05, 3.63) is 10.4 Å². The fourth-order valence-corrected chi connectivity index (χ4v) is 5.05. The van der Waals surface area contributed by atoms with Crippen molar-refractivity contribution in [1.29, 1.82) is 5.26 Å². The van der Waals surface area contributed by atoms with Gasteiger partial charge in [0.15, 0.2) is 0 Å². The van der Waals surface area contributed by atoms with Crippen molar-refractivity contribution in [3.8, 4) is 6.07 Å². The number of anilines is 2. The lowest BCUT2D eigenvalue weighted by molar-refractivity contribution is 0.494. The first kappa shape index (κ1) is 11.6. The van der Waals surface area contributed by atoms with E-state index >= 15 is 0 Å². The van der Waals surface area contributed by atoms with Crippen LogP contribution < -0.4 is 10.6 Å². The molecule has 2 N–H and O–H groups in total. The molecule has 4 rings (SSSR count). The third kappa shape index (κ3) is 1.75. The molecule has 0 bridgehead atoms. The third-order valence-corrected chi connectivity index (χ3v) is 6.25. The van der Waals surface area contributed by atoms with Crippen LogP contribution in [0.5, 0.6) is 0 Å². The summed E-state index contributed by atoms with van der Waals surface area (Å²) in [6.45, 7) is 2.38. The zero-order valence-corrected chi connectivity index (χ0v) is 11.9. The van der Waals surface area contributed by atoms with E-state index < -0.39 is 0 Å². The second kappa shape index (κ2) is 4.14. The SMILES string of the molecule is N#Cc1sc(N2CC3CCCC3C2)c(C2CC2)c1N. The summed E-state index contributed by atoms with van der Waals surface area (Å²) in [5.74, 6) is 2.41. The molecule has 3 aliphatic rings. The molecule has 0 spiro atoms. The van der Waals surface area contributed by atoms with Crippen molar-refractivity contribution in [2.75, 3.05) is 23.7 Å². The van der Waals surface area contributed by atoms with E-state index in [0.717, 1.165) is 22.4 Å². The summed E-state index contributed by atoms with van der Waals surface area (Å²) in [4.78, 5) is 3.26. The molecule has 1 saturated heterocycles. The van der Waals surface area contributed by atoms with Gasteiger partial charge in [-0.05, 0) is 43.4 Å². The molecule has 2 heterocycles. The maximum absolute atomic E-state index is 9.22. The number of fused-ring (bicyclic) bond motifs is 1. The van der Waals surface area contributed by atoms with Crippen LogP contribution in [0.15, 0.2) is 0 Å². The lowest BCUT2D eigenvalue weighted by Crippen LogP contribution is -2.20. The average molecular weight is 273 g/mol. The Bertz CT molecular complexity index is 540. The molecule has 4 heteroatoms. The van der Waals surface area contributed by atoms with Gasteiger partial charge in [-0.2, -0.15) is 5.26 Å². The predicted molar refractivity (Wildman–Crippen MR) is 78.5 cm³/mol. The summed E-state index contributed by atoms with van der Waals surface area (Å²) in [6, 6.07) is 2.28. The maximum Gasteiger partial charge on any atom is 0.130 e. The average Bonchev–Trinajstić information content (AvgIpc) is 2.86. The molecule has 1 aromatic rings. The number of nitriles is 1. The minimum atomic E-state index is 0.633. The Labute approximate surface area is 118 Å². The van der Waals surface area contributed by atoms with Crippen molar-refractivity contribution >= 4 is 22.0 Å². The minimum absolute atomic E-state index is 0.633. The van der Waals surface area contributed by atoms with E-state index in [1.54, 1.807) is 11.3 Å². The highest BCUT2D eigenvalue weighted by atomic mass is 32.1. The lowest BCUT2D eigenvalue weighted by atomic mass is 10.0. The van der Waals surface area contributed by atoms with Gasteiger partial charge in [-0.15, -0.1) is 11.3 Å².